The van der Waals surface area contributed by atoms with Crippen molar-refractivity contribution < 1.29 is 9.53 Å². The number of benzene rings is 1. The lowest BCUT2D eigenvalue weighted by Crippen LogP contribution is -2.42. The number of hydrogen-bond acceptors (Lipinski definition) is 4. The molecule has 2 rings (SSSR count). The molecule has 24 heavy (non-hydrogen) atoms. The fourth-order valence-corrected chi connectivity index (χ4v) is 3.43. The van der Waals surface area contributed by atoms with Gasteiger partial charge in [-0.15, -0.1) is 0 Å². The van der Waals surface area contributed by atoms with E-state index >= 15 is 0 Å². The maximum Gasteiger partial charge on any atom is 0.330 e. The van der Waals surface area contributed by atoms with Crippen molar-refractivity contribution in [2.45, 2.75) is 77.0 Å². The van der Waals surface area contributed by atoms with E-state index in [4.69, 9.17) is 4.74 Å². The minimum absolute atomic E-state index is 0.0517. The summed E-state index contributed by atoms with van der Waals surface area (Å²) < 4.78 is 5.49. The van der Waals surface area contributed by atoms with E-state index in [0.717, 1.165) is 12.8 Å². The molecule has 1 aliphatic heterocycles. The molecule has 0 radical (unpaired) electrons. The minimum atomic E-state index is -0.528. The molecule has 4 nitrogen and oxygen atoms in total. The Bertz CT molecular complexity index is 611. The first-order chi connectivity index (χ1) is 11.1. The number of rotatable bonds is 4. The van der Waals surface area contributed by atoms with Gasteiger partial charge in [-0.3, -0.25) is 4.90 Å². The zero-order valence-corrected chi connectivity index (χ0v) is 15.4. The number of carbonyl (C=O) groups excluding carboxylic acids is 1. The first-order valence-electron chi connectivity index (χ1n) is 8.60. The minimum Gasteiger partial charge on any atom is -0.458 e. The van der Waals surface area contributed by atoms with Crippen LogP contribution in [0.2, 0.25) is 0 Å². The fraction of sp³-hybridized carbons (Fsp3) is 0.600. The van der Waals surface area contributed by atoms with Crippen LogP contribution in [0.15, 0.2) is 30.3 Å². The predicted molar refractivity (Wildman–Crippen MR) is 94.2 cm³/mol. The molecule has 0 bridgehead atoms. The van der Waals surface area contributed by atoms with Crippen LogP contribution in [0, 0.1) is 11.5 Å². The smallest absolute Gasteiger partial charge is 0.330 e. The lowest BCUT2D eigenvalue weighted by Gasteiger charge is -2.32. The summed E-state index contributed by atoms with van der Waals surface area (Å²) in [6.45, 7) is 9.95. The van der Waals surface area contributed by atoms with E-state index in [0.29, 0.717) is 6.42 Å². The maximum absolute atomic E-state index is 12.4. The maximum atomic E-state index is 12.4. The van der Waals surface area contributed by atoms with Crippen LogP contribution in [0.4, 0.5) is 0 Å². The molecule has 0 N–H and O–H groups in total. The number of hydrogen-bond donors (Lipinski definition) is 0. The van der Waals surface area contributed by atoms with E-state index in [1.165, 1.54) is 5.56 Å². The second-order valence-corrected chi connectivity index (χ2v) is 8.24. The molecule has 2 atom stereocenters. The first-order valence-corrected chi connectivity index (χ1v) is 8.60. The van der Waals surface area contributed by atoms with E-state index in [1.807, 2.05) is 39.0 Å². The van der Waals surface area contributed by atoms with Gasteiger partial charge in [0.05, 0.1) is 0 Å². The van der Waals surface area contributed by atoms with Crippen molar-refractivity contribution in [3.8, 4) is 6.19 Å². The van der Waals surface area contributed by atoms with Crippen LogP contribution in [-0.2, 0) is 14.9 Å². The molecule has 1 saturated heterocycles. The van der Waals surface area contributed by atoms with Gasteiger partial charge >= 0.3 is 5.97 Å². The van der Waals surface area contributed by atoms with Crippen molar-refractivity contribution in [3.63, 3.8) is 0 Å². The van der Waals surface area contributed by atoms with E-state index in [2.05, 4.69) is 32.2 Å². The van der Waals surface area contributed by atoms with Crippen LogP contribution < -0.4 is 0 Å². The van der Waals surface area contributed by atoms with Crippen LogP contribution in [0.3, 0.4) is 0 Å². The summed E-state index contributed by atoms with van der Waals surface area (Å²) in [6.07, 6.45) is 4.59. The molecule has 130 valence electrons. The Morgan fingerprint density at radius 1 is 1.21 bits per heavy atom. The zero-order chi connectivity index (χ0) is 18.0. The van der Waals surface area contributed by atoms with Crippen molar-refractivity contribution in [1.82, 2.24) is 4.90 Å². The highest BCUT2D eigenvalue weighted by Gasteiger charge is 2.41. The number of carbonyl (C=O) groups is 1. The molecule has 1 fully saturated rings. The van der Waals surface area contributed by atoms with E-state index in [-0.39, 0.29) is 17.4 Å². The summed E-state index contributed by atoms with van der Waals surface area (Å²) in [5.74, 6) is -0.288. The van der Waals surface area contributed by atoms with E-state index in [9.17, 15) is 10.1 Å². The number of esters is 1. The highest BCUT2D eigenvalue weighted by molar-refractivity contribution is 5.77. The van der Waals surface area contributed by atoms with Crippen molar-refractivity contribution in [3.05, 3.63) is 35.9 Å². The lowest BCUT2D eigenvalue weighted by molar-refractivity contribution is -0.159. The van der Waals surface area contributed by atoms with Crippen LogP contribution in [0.5, 0.6) is 0 Å². The Morgan fingerprint density at radius 2 is 1.83 bits per heavy atom. The van der Waals surface area contributed by atoms with Gasteiger partial charge in [-0.1, -0.05) is 44.2 Å². The Labute approximate surface area is 145 Å². The predicted octanol–water partition coefficient (Wildman–Crippen LogP) is 4.01. The van der Waals surface area contributed by atoms with Crippen molar-refractivity contribution >= 4 is 5.97 Å². The van der Waals surface area contributed by atoms with Gasteiger partial charge in [-0.25, -0.2) is 4.79 Å². The zero-order valence-electron chi connectivity index (χ0n) is 15.4. The second-order valence-electron chi connectivity index (χ2n) is 8.24. The van der Waals surface area contributed by atoms with Gasteiger partial charge in [0.25, 0.3) is 0 Å². The topological polar surface area (TPSA) is 53.3 Å². The van der Waals surface area contributed by atoms with Gasteiger partial charge in [0.15, 0.2) is 6.19 Å². The summed E-state index contributed by atoms with van der Waals surface area (Å²) >= 11 is 0. The highest BCUT2D eigenvalue weighted by Crippen LogP contribution is 2.36. The monoisotopic (exact) mass is 328 g/mol. The lowest BCUT2D eigenvalue weighted by atomic mass is 9.78. The Kier molecular flexibility index (Phi) is 5.22. The Balaban J connectivity index is 2.10. The van der Waals surface area contributed by atoms with E-state index in [1.54, 1.807) is 4.90 Å². The highest BCUT2D eigenvalue weighted by atomic mass is 16.6. The first kappa shape index (κ1) is 18.3. The molecular weight excluding hydrogens is 300 g/mol. The molecule has 1 aromatic rings. The molecule has 1 aromatic carbocycles. The van der Waals surface area contributed by atoms with Crippen molar-refractivity contribution in [2.75, 3.05) is 0 Å². The molecule has 1 aliphatic rings. The van der Waals surface area contributed by atoms with Crippen LogP contribution in [0.1, 0.15) is 59.4 Å². The van der Waals surface area contributed by atoms with Gasteiger partial charge in [-0.2, -0.15) is 5.26 Å². The van der Waals surface area contributed by atoms with Gasteiger partial charge in [0.1, 0.15) is 11.6 Å². The van der Waals surface area contributed by atoms with Crippen LogP contribution in [-0.4, -0.2) is 28.6 Å². The van der Waals surface area contributed by atoms with Crippen molar-refractivity contribution in [2.24, 2.45) is 0 Å². The molecule has 0 saturated carbocycles. The second kappa shape index (κ2) is 6.84. The Morgan fingerprint density at radius 3 is 2.38 bits per heavy atom. The third-order valence-corrected chi connectivity index (χ3v) is 4.60. The number of likely N-dealkylation sites (tertiary alicyclic amines) is 1. The van der Waals surface area contributed by atoms with Gasteiger partial charge < -0.3 is 4.74 Å². The largest absolute Gasteiger partial charge is 0.458 e. The average Bonchev–Trinajstić information content (AvgIpc) is 2.88. The third kappa shape index (κ3) is 4.29. The molecule has 0 aromatic heterocycles. The van der Waals surface area contributed by atoms with Gasteiger partial charge in [0, 0.05) is 6.04 Å². The molecule has 4 heteroatoms. The van der Waals surface area contributed by atoms with Gasteiger partial charge in [0.2, 0.25) is 0 Å². The average molecular weight is 328 g/mol. The van der Waals surface area contributed by atoms with Crippen molar-refractivity contribution in [1.29, 1.82) is 5.26 Å². The molecule has 0 amide bonds. The molecule has 2 unspecified atom stereocenters. The SMILES string of the molecule is CC(C)(C)OC(=O)C1CCC(CC(C)(C)c2ccccc2)N1C#N. The summed E-state index contributed by atoms with van der Waals surface area (Å²) in [5, 5.41) is 9.59. The summed E-state index contributed by atoms with van der Waals surface area (Å²) in [6, 6.07) is 9.95. The molecular formula is C20H28N2O2. The number of nitriles is 1. The summed E-state index contributed by atoms with van der Waals surface area (Å²) in [4.78, 5) is 14.0. The van der Waals surface area contributed by atoms with Crippen LogP contribution >= 0.6 is 0 Å². The number of ether oxygens (including phenoxy) is 1. The van der Waals surface area contributed by atoms with E-state index < -0.39 is 11.6 Å². The summed E-state index contributed by atoms with van der Waals surface area (Å²) in [5.41, 5.74) is 0.673. The normalized spacial score (nSPS) is 21.4. The number of nitrogens with zero attached hydrogens (tertiary/aromatic N) is 2. The fourth-order valence-electron chi connectivity index (χ4n) is 3.43. The molecule has 0 aliphatic carbocycles. The third-order valence-electron chi connectivity index (χ3n) is 4.60. The summed E-state index contributed by atoms with van der Waals surface area (Å²) in [7, 11) is 0. The molecule has 0 spiro atoms. The van der Waals surface area contributed by atoms with Gasteiger partial charge in [-0.05, 0) is 51.0 Å². The molecule has 1 heterocycles. The quantitative estimate of drug-likeness (QED) is 0.619. The standard InChI is InChI=1S/C20H28N2O2/c1-19(2,3)24-18(23)17-12-11-16(22(17)14-21)13-20(4,5)15-9-7-6-8-10-15/h6-10,16-17H,11-13H2,1-5H3. The van der Waals surface area contributed by atoms with Crippen LogP contribution in [0.25, 0.3) is 0 Å². The Hall–Kier alpha value is -2.02.